The van der Waals surface area contributed by atoms with Crippen LogP contribution in [0.4, 0.5) is 0 Å². The number of likely N-dealkylation sites (tertiary alicyclic amines) is 1. The van der Waals surface area contributed by atoms with E-state index in [4.69, 9.17) is 4.74 Å². The van der Waals surface area contributed by atoms with Crippen LogP contribution < -0.4 is 4.74 Å². The van der Waals surface area contributed by atoms with Gasteiger partial charge in [0.1, 0.15) is 0 Å². The molecule has 0 amide bonds. The smallest absolute Gasteiger partial charge is 0.235 e. The summed E-state index contributed by atoms with van der Waals surface area (Å²) in [5, 5.41) is 44.7. The SMILES string of the molecule is C[N@+]1(CC2CC2O)CC[C@]23c4c5ccc(O)c4O[C@H]2C(=O)CC[C@@]3(O)[C@@]1(O)C5.[CH3-]. The number of rotatable bonds is 2. The van der Waals surface area contributed by atoms with Gasteiger partial charge in [0.2, 0.25) is 5.72 Å². The average molecular weight is 403 g/mol. The molecular weight excluding hydrogens is 374 g/mol. The summed E-state index contributed by atoms with van der Waals surface area (Å²) in [5.74, 6) is 0.326. The van der Waals surface area contributed by atoms with E-state index in [2.05, 4.69) is 0 Å². The average Bonchev–Trinajstić information content (AvgIpc) is 3.19. The second-order valence-corrected chi connectivity index (χ2v) is 9.85. The van der Waals surface area contributed by atoms with Crippen molar-refractivity contribution in [2.45, 2.75) is 61.1 Å². The van der Waals surface area contributed by atoms with Gasteiger partial charge in [0.15, 0.2) is 29.0 Å². The Morgan fingerprint density at radius 1 is 1.28 bits per heavy atom. The number of phenols is 1. The highest BCUT2D eigenvalue weighted by Gasteiger charge is 2.82. The molecule has 2 unspecified atom stereocenters. The number of quaternary nitrogens is 1. The number of aromatic hydroxyl groups is 1. The van der Waals surface area contributed by atoms with Crippen LogP contribution in [0.3, 0.4) is 0 Å². The van der Waals surface area contributed by atoms with Crippen molar-refractivity contribution in [2.24, 2.45) is 5.92 Å². The monoisotopic (exact) mass is 403 g/mol. The maximum atomic E-state index is 12.8. The first-order valence-corrected chi connectivity index (χ1v) is 10.2. The van der Waals surface area contributed by atoms with Gasteiger partial charge in [0.25, 0.3) is 0 Å². The van der Waals surface area contributed by atoms with Crippen LogP contribution in [-0.4, -0.2) is 74.4 Å². The molecule has 2 saturated carbocycles. The summed E-state index contributed by atoms with van der Waals surface area (Å²) in [5.41, 5.74) is -2.49. The number of carbonyl (C=O) groups excluding carboxylic acids is 1. The summed E-state index contributed by atoms with van der Waals surface area (Å²) in [6.45, 7) is 1.17. The van der Waals surface area contributed by atoms with Crippen LogP contribution in [0.1, 0.15) is 36.8 Å². The zero-order valence-electron chi connectivity index (χ0n) is 16.9. The number of ether oxygens (including phenoxy) is 1. The van der Waals surface area contributed by atoms with Crippen LogP contribution in [0.2, 0.25) is 0 Å². The fourth-order valence-electron chi connectivity index (χ4n) is 7.01. The summed E-state index contributed by atoms with van der Waals surface area (Å²) in [6.07, 6.45) is 0.563. The molecule has 158 valence electrons. The van der Waals surface area contributed by atoms with Gasteiger partial charge >= 0.3 is 0 Å². The number of carbonyl (C=O) groups is 1. The number of piperidine rings is 1. The number of nitrogens with zero attached hydrogens (tertiary/aromatic N) is 1. The molecule has 6 rings (SSSR count). The number of benzene rings is 1. The van der Waals surface area contributed by atoms with Crippen molar-refractivity contribution in [2.75, 3.05) is 20.1 Å². The van der Waals surface area contributed by atoms with Crippen molar-refractivity contribution < 1.29 is 34.4 Å². The molecule has 29 heavy (non-hydrogen) atoms. The molecule has 0 radical (unpaired) electrons. The van der Waals surface area contributed by atoms with E-state index in [0.717, 1.165) is 17.5 Å². The molecule has 2 aliphatic heterocycles. The Balaban J connectivity index is 0.00000181. The van der Waals surface area contributed by atoms with Crippen LogP contribution in [0.25, 0.3) is 0 Å². The predicted molar refractivity (Wildman–Crippen MR) is 103 cm³/mol. The van der Waals surface area contributed by atoms with Gasteiger partial charge in [-0.2, -0.15) is 0 Å². The van der Waals surface area contributed by atoms with Crippen molar-refractivity contribution in [1.29, 1.82) is 0 Å². The van der Waals surface area contributed by atoms with E-state index in [9.17, 15) is 25.2 Å². The lowest BCUT2D eigenvalue weighted by Gasteiger charge is -2.67. The van der Waals surface area contributed by atoms with Gasteiger partial charge in [-0.1, -0.05) is 6.07 Å². The minimum Gasteiger partial charge on any atom is -0.504 e. The summed E-state index contributed by atoms with van der Waals surface area (Å²) in [4.78, 5) is 12.8. The van der Waals surface area contributed by atoms with E-state index in [-0.39, 0.29) is 54.7 Å². The normalized spacial score (nSPS) is 48.4. The fraction of sp³-hybridized carbons (Fsp3) is 0.636. The Morgan fingerprint density at radius 2 is 2.00 bits per heavy atom. The molecule has 2 heterocycles. The van der Waals surface area contributed by atoms with Gasteiger partial charge in [0, 0.05) is 24.3 Å². The Hall–Kier alpha value is -1.67. The quantitative estimate of drug-likeness (QED) is 0.421. The third-order valence-electron chi connectivity index (χ3n) is 8.63. The number of hydrogen-bond acceptors (Lipinski definition) is 6. The van der Waals surface area contributed by atoms with Gasteiger partial charge in [-0.3, -0.25) is 9.28 Å². The number of phenolic OH excluding ortho intramolecular Hbond substituents is 1. The number of ketones is 1. The molecule has 5 aliphatic rings. The third kappa shape index (κ3) is 1.87. The van der Waals surface area contributed by atoms with Gasteiger partial charge in [-0.15, -0.1) is 0 Å². The minimum absolute atomic E-state index is 0. The highest BCUT2D eigenvalue weighted by molar-refractivity contribution is 5.90. The molecule has 0 aromatic heterocycles. The second kappa shape index (κ2) is 5.32. The van der Waals surface area contributed by atoms with Crippen LogP contribution in [0, 0.1) is 13.3 Å². The number of aliphatic hydroxyl groups is 3. The van der Waals surface area contributed by atoms with Gasteiger partial charge in [-0.05, 0) is 24.5 Å². The van der Waals surface area contributed by atoms with Crippen LogP contribution in [-0.2, 0) is 16.6 Å². The molecule has 1 spiro atoms. The number of aliphatic hydroxyl groups excluding tert-OH is 1. The number of likely N-dealkylation sites (N-methyl/N-ethyl adjacent to an activating group) is 1. The van der Waals surface area contributed by atoms with Crippen LogP contribution in [0.5, 0.6) is 11.5 Å². The molecule has 3 fully saturated rings. The maximum Gasteiger partial charge on any atom is 0.235 e. The van der Waals surface area contributed by atoms with Crippen LogP contribution in [0.15, 0.2) is 12.1 Å². The molecule has 7 atom stereocenters. The minimum atomic E-state index is -1.53. The lowest BCUT2D eigenvalue weighted by atomic mass is 9.47. The van der Waals surface area contributed by atoms with Crippen molar-refractivity contribution in [1.82, 2.24) is 0 Å². The Bertz CT molecular complexity index is 934. The standard InChI is InChI=1S/C21H25NO6.CH3/c1-22(10-12-8-15(12)25)7-6-19-16-11-2-3-13(23)17(16)28-18(19)14(24)4-5-20(19,26)21(22,27)9-11;/h2-3,12,15,18,25-27H,4-10H2,1H3;1H3/q;-1/p+1/t12?,15?,18-,19-,20-,21-,22+;/m0./s1. The maximum absolute atomic E-state index is 12.8. The van der Waals surface area contributed by atoms with E-state index < -0.39 is 22.8 Å². The first-order valence-electron chi connectivity index (χ1n) is 10.2. The number of Topliss-reactive ketones (excluding diaryl/α,β-unsaturated/α-hetero) is 1. The van der Waals surface area contributed by atoms with Crippen LogP contribution >= 0.6 is 0 Å². The van der Waals surface area contributed by atoms with E-state index in [1.165, 1.54) is 0 Å². The fourth-order valence-corrected chi connectivity index (χ4v) is 7.01. The Kier molecular flexibility index (Phi) is 3.54. The highest BCUT2D eigenvalue weighted by atomic mass is 16.5. The molecule has 3 aliphatic carbocycles. The van der Waals surface area contributed by atoms with Crippen molar-refractivity contribution >= 4 is 5.78 Å². The van der Waals surface area contributed by atoms with Crippen molar-refractivity contribution in [3.05, 3.63) is 30.7 Å². The highest BCUT2D eigenvalue weighted by Crippen LogP contribution is 2.68. The predicted octanol–water partition coefficient (Wildman–Crippen LogP) is 0.411. The molecule has 1 saturated heterocycles. The third-order valence-corrected chi connectivity index (χ3v) is 8.63. The topological polar surface area (TPSA) is 107 Å². The molecule has 1 aromatic rings. The molecule has 1 aromatic carbocycles. The van der Waals surface area contributed by atoms with Crippen molar-refractivity contribution in [3.8, 4) is 11.5 Å². The lowest BCUT2D eigenvalue weighted by Crippen LogP contribution is -2.87. The lowest BCUT2D eigenvalue weighted by molar-refractivity contribution is -1.00. The molecule has 2 bridgehead atoms. The summed E-state index contributed by atoms with van der Waals surface area (Å²) in [6, 6.07) is 3.33. The van der Waals surface area contributed by atoms with Gasteiger partial charge in [0.05, 0.1) is 38.1 Å². The summed E-state index contributed by atoms with van der Waals surface area (Å²) >= 11 is 0. The molecule has 4 N–H and O–H groups in total. The molecule has 7 nitrogen and oxygen atoms in total. The molecular formula is C22H29NO6. The second-order valence-electron chi connectivity index (χ2n) is 9.85. The molecule has 7 heteroatoms. The Morgan fingerprint density at radius 3 is 2.69 bits per heavy atom. The van der Waals surface area contributed by atoms with E-state index in [1.807, 2.05) is 7.05 Å². The van der Waals surface area contributed by atoms with Gasteiger partial charge < -0.3 is 32.6 Å². The van der Waals surface area contributed by atoms with Gasteiger partial charge in [-0.25, -0.2) is 0 Å². The van der Waals surface area contributed by atoms with E-state index >= 15 is 0 Å². The Labute approximate surface area is 170 Å². The number of hydrogen-bond donors (Lipinski definition) is 4. The summed E-state index contributed by atoms with van der Waals surface area (Å²) in [7, 11) is 1.96. The summed E-state index contributed by atoms with van der Waals surface area (Å²) < 4.78 is 6.25. The zero-order chi connectivity index (χ0) is 19.7. The van der Waals surface area contributed by atoms with E-state index in [0.29, 0.717) is 25.3 Å². The zero-order valence-corrected chi connectivity index (χ0v) is 16.9. The first kappa shape index (κ1) is 19.3. The largest absolute Gasteiger partial charge is 0.504 e. The van der Waals surface area contributed by atoms with Crippen molar-refractivity contribution in [3.63, 3.8) is 0 Å². The van der Waals surface area contributed by atoms with E-state index in [1.54, 1.807) is 12.1 Å². The first-order chi connectivity index (χ1) is 13.2.